The molecule has 0 spiro atoms. The van der Waals surface area contributed by atoms with Gasteiger partial charge in [0.2, 0.25) is 0 Å². The highest BCUT2D eigenvalue weighted by molar-refractivity contribution is 6.30. The summed E-state index contributed by atoms with van der Waals surface area (Å²) >= 11 is 5.87. The minimum absolute atomic E-state index is 0.247. The third-order valence-electron chi connectivity index (χ3n) is 3.28. The molecule has 0 radical (unpaired) electrons. The van der Waals surface area contributed by atoms with E-state index in [2.05, 4.69) is 19.2 Å². The van der Waals surface area contributed by atoms with Crippen LogP contribution in [0.2, 0.25) is 5.02 Å². The Labute approximate surface area is 120 Å². The number of benzene rings is 1. The Balaban J connectivity index is 2.90. The van der Waals surface area contributed by atoms with Gasteiger partial charge in [-0.3, -0.25) is 10.1 Å². The SMILES string of the molecule is CCC(C)NC(C)(Cc1ccc(Cl)cc1)C(=O)OC. The molecule has 19 heavy (non-hydrogen) atoms. The minimum Gasteiger partial charge on any atom is -0.468 e. The van der Waals surface area contributed by atoms with E-state index in [0.717, 1.165) is 12.0 Å². The van der Waals surface area contributed by atoms with Gasteiger partial charge in [-0.2, -0.15) is 0 Å². The molecule has 1 aromatic rings. The Bertz CT molecular complexity index is 419. The number of methoxy groups -OCH3 is 1. The first-order valence-electron chi connectivity index (χ1n) is 6.52. The Morgan fingerprint density at radius 2 is 2.00 bits per heavy atom. The fourth-order valence-electron chi connectivity index (χ4n) is 2.06. The van der Waals surface area contributed by atoms with Gasteiger partial charge in [0.15, 0.2) is 0 Å². The van der Waals surface area contributed by atoms with Gasteiger partial charge in [-0.15, -0.1) is 0 Å². The van der Waals surface area contributed by atoms with Crippen molar-refractivity contribution in [2.24, 2.45) is 0 Å². The van der Waals surface area contributed by atoms with E-state index in [9.17, 15) is 4.79 Å². The molecule has 0 amide bonds. The van der Waals surface area contributed by atoms with Gasteiger partial charge in [0.1, 0.15) is 5.54 Å². The van der Waals surface area contributed by atoms with Gasteiger partial charge in [0, 0.05) is 17.5 Å². The van der Waals surface area contributed by atoms with Crippen molar-refractivity contribution in [2.45, 2.75) is 45.2 Å². The van der Waals surface area contributed by atoms with Crippen molar-refractivity contribution in [1.82, 2.24) is 5.32 Å². The summed E-state index contributed by atoms with van der Waals surface area (Å²) in [4.78, 5) is 12.0. The first kappa shape index (κ1) is 16.0. The van der Waals surface area contributed by atoms with Gasteiger partial charge >= 0.3 is 5.97 Å². The maximum absolute atomic E-state index is 12.0. The number of hydrogen-bond acceptors (Lipinski definition) is 3. The van der Waals surface area contributed by atoms with Crippen LogP contribution < -0.4 is 5.32 Å². The van der Waals surface area contributed by atoms with Gasteiger partial charge in [0.05, 0.1) is 7.11 Å². The van der Waals surface area contributed by atoms with Crippen LogP contribution in [0.5, 0.6) is 0 Å². The normalized spacial score (nSPS) is 15.6. The van der Waals surface area contributed by atoms with Crippen molar-refractivity contribution < 1.29 is 9.53 Å². The lowest BCUT2D eigenvalue weighted by atomic mass is 9.91. The van der Waals surface area contributed by atoms with E-state index in [1.54, 1.807) is 0 Å². The number of nitrogens with one attached hydrogen (secondary N) is 1. The van der Waals surface area contributed by atoms with Crippen molar-refractivity contribution in [1.29, 1.82) is 0 Å². The highest BCUT2D eigenvalue weighted by atomic mass is 35.5. The summed E-state index contributed by atoms with van der Waals surface area (Å²) in [7, 11) is 1.42. The third kappa shape index (κ3) is 4.51. The van der Waals surface area contributed by atoms with Crippen LogP contribution >= 0.6 is 11.6 Å². The molecule has 0 bridgehead atoms. The Morgan fingerprint density at radius 3 is 2.47 bits per heavy atom. The van der Waals surface area contributed by atoms with E-state index in [1.807, 2.05) is 31.2 Å². The molecule has 1 rings (SSSR count). The predicted octanol–water partition coefficient (Wildman–Crippen LogP) is 3.20. The molecule has 1 N–H and O–H groups in total. The molecule has 4 heteroatoms. The molecule has 3 nitrogen and oxygen atoms in total. The average Bonchev–Trinajstić information content (AvgIpc) is 2.40. The highest BCUT2D eigenvalue weighted by Gasteiger charge is 2.35. The maximum atomic E-state index is 12.0. The molecule has 106 valence electrons. The standard InChI is InChI=1S/C15H22ClNO2/c1-5-11(2)17-15(3,14(18)19-4)10-12-6-8-13(16)9-7-12/h6-9,11,17H,5,10H2,1-4H3. The fraction of sp³-hybridized carbons (Fsp3) is 0.533. The summed E-state index contributed by atoms with van der Waals surface area (Å²) in [6.07, 6.45) is 1.52. The summed E-state index contributed by atoms with van der Waals surface area (Å²) in [5, 5.41) is 4.04. The zero-order valence-electron chi connectivity index (χ0n) is 12.0. The zero-order chi connectivity index (χ0) is 14.5. The molecule has 0 aliphatic rings. The van der Waals surface area contributed by atoms with Gasteiger partial charge in [-0.25, -0.2) is 0 Å². The summed E-state index contributed by atoms with van der Waals surface area (Å²) in [5.74, 6) is -0.247. The molecular formula is C15H22ClNO2. The van der Waals surface area contributed by atoms with E-state index in [4.69, 9.17) is 16.3 Å². The monoisotopic (exact) mass is 283 g/mol. The maximum Gasteiger partial charge on any atom is 0.326 e. The molecule has 1 aromatic carbocycles. The van der Waals surface area contributed by atoms with Crippen LogP contribution in [-0.4, -0.2) is 24.7 Å². The van der Waals surface area contributed by atoms with Crippen LogP contribution in [0.4, 0.5) is 0 Å². The van der Waals surface area contributed by atoms with Crippen molar-refractivity contribution in [3.63, 3.8) is 0 Å². The van der Waals surface area contributed by atoms with Gasteiger partial charge in [-0.05, 0) is 38.0 Å². The number of rotatable bonds is 6. The van der Waals surface area contributed by atoms with E-state index in [-0.39, 0.29) is 12.0 Å². The second-order valence-corrected chi connectivity index (χ2v) is 5.52. The molecule has 2 unspecified atom stereocenters. The number of hydrogen-bond donors (Lipinski definition) is 1. The topological polar surface area (TPSA) is 38.3 Å². The quantitative estimate of drug-likeness (QED) is 0.815. The predicted molar refractivity (Wildman–Crippen MR) is 78.5 cm³/mol. The number of carbonyl (C=O) groups excluding carboxylic acids is 1. The lowest BCUT2D eigenvalue weighted by Crippen LogP contribution is -2.55. The van der Waals surface area contributed by atoms with Crippen molar-refractivity contribution in [3.8, 4) is 0 Å². The Morgan fingerprint density at radius 1 is 1.42 bits per heavy atom. The molecule has 0 saturated carbocycles. The van der Waals surface area contributed by atoms with Crippen LogP contribution in [0.3, 0.4) is 0 Å². The number of carbonyl (C=O) groups is 1. The second-order valence-electron chi connectivity index (χ2n) is 5.08. The lowest BCUT2D eigenvalue weighted by Gasteiger charge is -2.31. The van der Waals surface area contributed by atoms with Crippen LogP contribution in [0, 0.1) is 0 Å². The largest absolute Gasteiger partial charge is 0.468 e. The fourth-order valence-corrected chi connectivity index (χ4v) is 2.19. The first-order chi connectivity index (χ1) is 8.91. The highest BCUT2D eigenvalue weighted by Crippen LogP contribution is 2.18. The van der Waals surface area contributed by atoms with Gasteiger partial charge < -0.3 is 4.74 Å². The van der Waals surface area contributed by atoms with Gasteiger partial charge in [-0.1, -0.05) is 30.7 Å². The first-order valence-corrected chi connectivity index (χ1v) is 6.89. The zero-order valence-corrected chi connectivity index (χ0v) is 12.8. The van der Waals surface area contributed by atoms with Crippen LogP contribution in [0.1, 0.15) is 32.8 Å². The molecule has 2 atom stereocenters. The average molecular weight is 284 g/mol. The molecule has 0 aromatic heterocycles. The van der Waals surface area contributed by atoms with E-state index >= 15 is 0 Å². The van der Waals surface area contributed by atoms with E-state index in [0.29, 0.717) is 11.4 Å². The number of esters is 1. The van der Waals surface area contributed by atoms with Crippen LogP contribution in [-0.2, 0) is 16.0 Å². The van der Waals surface area contributed by atoms with Crippen molar-refractivity contribution in [3.05, 3.63) is 34.9 Å². The van der Waals surface area contributed by atoms with Crippen LogP contribution in [0.15, 0.2) is 24.3 Å². The molecule has 0 saturated heterocycles. The molecule has 0 heterocycles. The van der Waals surface area contributed by atoms with Crippen molar-refractivity contribution >= 4 is 17.6 Å². The summed E-state index contributed by atoms with van der Waals surface area (Å²) in [6, 6.07) is 7.77. The summed E-state index contributed by atoms with van der Waals surface area (Å²) < 4.78 is 4.93. The molecule has 0 fully saturated rings. The van der Waals surface area contributed by atoms with E-state index in [1.165, 1.54) is 7.11 Å². The Kier molecular flexibility index (Phi) is 5.83. The Hall–Kier alpha value is -1.06. The lowest BCUT2D eigenvalue weighted by molar-refractivity contribution is -0.148. The summed E-state index contributed by atoms with van der Waals surface area (Å²) in [5.41, 5.74) is 0.325. The molecule has 0 aliphatic carbocycles. The smallest absolute Gasteiger partial charge is 0.326 e. The summed E-state index contributed by atoms with van der Waals surface area (Å²) in [6.45, 7) is 6.01. The van der Waals surface area contributed by atoms with E-state index < -0.39 is 5.54 Å². The third-order valence-corrected chi connectivity index (χ3v) is 3.54. The van der Waals surface area contributed by atoms with Crippen LogP contribution in [0.25, 0.3) is 0 Å². The molecule has 0 aliphatic heterocycles. The van der Waals surface area contributed by atoms with Gasteiger partial charge in [0.25, 0.3) is 0 Å². The second kappa shape index (κ2) is 6.92. The number of halogens is 1. The molecular weight excluding hydrogens is 262 g/mol. The van der Waals surface area contributed by atoms with Crippen molar-refractivity contribution in [2.75, 3.05) is 7.11 Å². The minimum atomic E-state index is -0.724. The number of ether oxygens (including phenoxy) is 1.